The van der Waals surface area contributed by atoms with Crippen LogP contribution in [0, 0.1) is 17.8 Å². The lowest BCUT2D eigenvalue weighted by Gasteiger charge is -2.37. The molecule has 148 valence electrons. The molecule has 0 saturated heterocycles. The monoisotopic (exact) mass is 371 g/mol. The van der Waals surface area contributed by atoms with Gasteiger partial charge in [-0.15, -0.1) is 0 Å². The van der Waals surface area contributed by atoms with Crippen molar-refractivity contribution in [3.05, 3.63) is 35.9 Å². The molecule has 2 fully saturated rings. The minimum Gasteiger partial charge on any atom is -0.446 e. The first kappa shape index (κ1) is 19.9. The summed E-state index contributed by atoms with van der Waals surface area (Å²) in [4.78, 5) is 24.9. The molecule has 2 aliphatic rings. The Balaban J connectivity index is 1.59. The van der Waals surface area contributed by atoms with Gasteiger partial charge in [0, 0.05) is 6.42 Å². The van der Waals surface area contributed by atoms with Crippen molar-refractivity contribution in [1.29, 1.82) is 0 Å². The number of hydrogen-bond donors (Lipinski definition) is 1. The van der Waals surface area contributed by atoms with E-state index in [9.17, 15) is 9.59 Å². The molecule has 4 nitrogen and oxygen atoms in total. The van der Waals surface area contributed by atoms with Crippen molar-refractivity contribution in [2.45, 2.75) is 77.4 Å². The summed E-state index contributed by atoms with van der Waals surface area (Å²) >= 11 is 0. The second-order valence-electron chi connectivity index (χ2n) is 8.82. The molecule has 1 N–H and O–H groups in total. The van der Waals surface area contributed by atoms with E-state index in [1.807, 2.05) is 18.2 Å². The molecular formula is C23H33NO3. The van der Waals surface area contributed by atoms with Gasteiger partial charge in [-0.3, -0.25) is 4.79 Å². The fraction of sp³-hybridized carbons (Fsp3) is 0.652. The minimum atomic E-state index is -0.435. The third-order valence-electron chi connectivity index (χ3n) is 6.43. The maximum atomic E-state index is 12.6. The Bertz CT molecular complexity index is 642. The zero-order chi connectivity index (χ0) is 19.4. The predicted molar refractivity (Wildman–Crippen MR) is 107 cm³/mol. The maximum Gasteiger partial charge on any atom is 0.408 e. The normalized spacial score (nSPS) is 31.6. The highest BCUT2D eigenvalue weighted by molar-refractivity contribution is 5.88. The molecule has 0 radical (unpaired) electrons. The number of benzene rings is 1. The molecular weight excluding hydrogens is 338 g/mol. The molecule has 0 heterocycles. The third-order valence-corrected chi connectivity index (χ3v) is 6.43. The van der Waals surface area contributed by atoms with Crippen LogP contribution in [0.4, 0.5) is 4.79 Å². The van der Waals surface area contributed by atoms with Crippen molar-refractivity contribution in [3.8, 4) is 0 Å². The van der Waals surface area contributed by atoms with Gasteiger partial charge in [0.25, 0.3) is 0 Å². The zero-order valence-corrected chi connectivity index (χ0v) is 16.8. The Morgan fingerprint density at radius 3 is 2.56 bits per heavy atom. The molecule has 3 rings (SSSR count). The molecule has 1 aromatic rings. The molecule has 1 aromatic carbocycles. The largest absolute Gasteiger partial charge is 0.446 e. The van der Waals surface area contributed by atoms with Gasteiger partial charge in [0.2, 0.25) is 0 Å². The zero-order valence-electron chi connectivity index (χ0n) is 16.8. The van der Waals surface area contributed by atoms with Crippen molar-refractivity contribution in [2.75, 3.05) is 0 Å². The Labute approximate surface area is 163 Å². The number of alkyl carbamates (subject to hydrolysis) is 1. The maximum absolute atomic E-state index is 12.6. The van der Waals surface area contributed by atoms with Crippen LogP contribution in [0.15, 0.2) is 30.3 Å². The molecule has 27 heavy (non-hydrogen) atoms. The topological polar surface area (TPSA) is 55.4 Å². The molecule has 0 bridgehead atoms. The summed E-state index contributed by atoms with van der Waals surface area (Å²) in [5.74, 6) is 1.92. The number of Topliss-reactive ketones (excluding diaryl/α,β-unsaturated/α-hetero) is 1. The van der Waals surface area contributed by atoms with E-state index < -0.39 is 12.1 Å². The van der Waals surface area contributed by atoms with Crippen LogP contribution in [0.3, 0.4) is 0 Å². The first-order chi connectivity index (χ1) is 12.9. The average Bonchev–Trinajstić information content (AvgIpc) is 2.64. The molecule has 5 atom stereocenters. The number of ketones is 1. The number of carbonyl (C=O) groups excluding carboxylic acids is 2. The van der Waals surface area contributed by atoms with E-state index in [0.29, 0.717) is 36.5 Å². The Morgan fingerprint density at radius 1 is 1.11 bits per heavy atom. The van der Waals surface area contributed by atoms with Crippen molar-refractivity contribution in [2.24, 2.45) is 17.8 Å². The average molecular weight is 372 g/mol. The SMILES string of the molecule is CC(C)[C@@H]1CC[C@@H](C)CC1OC(=O)NC1CC(c2ccccc2)CCC1=O. The molecule has 0 aliphatic heterocycles. The van der Waals surface area contributed by atoms with Crippen molar-refractivity contribution in [1.82, 2.24) is 5.32 Å². The molecule has 0 aromatic heterocycles. The molecule has 3 unspecified atom stereocenters. The van der Waals surface area contributed by atoms with E-state index in [0.717, 1.165) is 19.3 Å². The summed E-state index contributed by atoms with van der Waals surface area (Å²) in [6.07, 6.45) is 4.78. The summed E-state index contributed by atoms with van der Waals surface area (Å²) < 4.78 is 5.83. The number of ether oxygens (including phenoxy) is 1. The van der Waals surface area contributed by atoms with Crippen LogP contribution in [0.1, 0.15) is 70.8 Å². The van der Waals surface area contributed by atoms with Crippen LogP contribution < -0.4 is 5.32 Å². The predicted octanol–water partition coefficient (Wildman–Crippen LogP) is 5.08. The van der Waals surface area contributed by atoms with E-state index in [-0.39, 0.29) is 11.9 Å². The number of amides is 1. The van der Waals surface area contributed by atoms with Crippen molar-refractivity contribution in [3.63, 3.8) is 0 Å². The second-order valence-corrected chi connectivity index (χ2v) is 8.82. The summed E-state index contributed by atoms with van der Waals surface area (Å²) in [5, 5.41) is 2.88. The summed E-state index contributed by atoms with van der Waals surface area (Å²) in [6, 6.07) is 9.83. The van der Waals surface area contributed by atoms with Gasteiger partial charge in [0.1, 0.15) is 6.10 Å². The first-order valence-corrected chi connectivity index (χ1v) is 10.5. The highest BCUT2D eigenvalue weighted by Gasteiger charge is 2.35. The number of rotatable bonds is 4. The highest BCUT2D eigenvalue weighted by atomic mass is 16.6. The highest BCUT2D eigenvalue weighted by Crippen LogP contribution is 2.36. The standard InChI is InChI=1S/C23H33NO3/c1-15(2)19-11-9-16(3)13-22(19)27-23(26)24-20-14-18(10-12-21(20)25)17-7-5-4-6-8-17/h4-8,15-16,18-20,22H,9-14H2,1-3H3,(H,24,26)/t16-,18?,19+,20?,22?/m1/s1. The summed E-state index contributed by atoms with van der Waals surface area (Å²) in [5.41, 5.74) is 1.24. The van der Waals surface area contributed by atoms with Gasteiger partial charge < -0.3 is 10.1 Å². The number of hydrogen-bond acceptors (Lipinski definition) is 3. The van der Waals surface area contributed by atoms with Crippen LogP contribution in [-0.4, -0.2) is 24.0 Å². The van der Waals surface area contributed by atoms with Gasteiger partial charge in [0.15, 0.2) is 5.78 Å². The minimum absolute atomic E-state index is 0.0441. The van der Waals surface area contributed by atoms with Crippen LogP contribution in [0.25, 0.3) is 0 Å². The van der Waals surface area contributed by atoms with Gasteiger partial charge in [-0.2, -0.15) is 0 Å². The summed E-state index contributed by atoms with van der Waals surface area (Å²) in [7, 11) is 0. The Hall–Kier alpha value is -1.84. The molecule has 1 amide bonds. The van der Waals surface area contributed by atoms with Crippen LogP contribution in [0.5, 0.6) is 0 Å². The first-order valence-electron chi connectivity index (χ1n) is 10.5. The van der Waals surface area contributed by atoms with E-state index in [4.69, 9.17) is 4.74 Å². The molecule has 2 saturated carbocycles. The second kappa shape index (κ2) is 8.90. The third kappa shape index (κ3) is 5.12. The molecule has 4 heteroatoms. The van der Waals surface area contributed by atoms with Crippen LogP contribution in [0.2, 0.25) is 0 Å². The van der Waals surface area contributed by atoms with Gasteiger partial charge >= 0.3 is 6.09 Å². The summed E-state index contributed by atoms with van der Waals surface area (Å²) in [6.45, 7) is 6.62. The Kier molecular flexibility index (Phi) is 6.56. The fourth-order valence-electron chi connectivity index (χ4n) is 4.76. The van der Waals surface area contributed by atoms with Crippen LogP contribution >= 0.6 is 0 Å². The number of nitrogens with one attached hydrogen (secondary N) is 1. The van der Waals surface area contributed by atoms with Gasteiger partial charge in [-0.05, 0) is 54.9 Å². The van der Waals surface area contributed by atoms with Gasteiger partial charge in [-0.1, -0.05) is 57.5 Å². The lowest BCUT2D eigenvalue weighted by Crippen LogP contribution is -2.46. The lowest BCUT2D eigenvalue weighted by atomic mass is 9.75. The van der Waals surface area contributed by atoms with Crippen LogP contribution in [-0.2, 0) is 9.53 Å². The van der Waals surface area contributed by atoms with Crippen molar-refractivity contribution < 1.29 is 14.3 Å². The van der Waals surface area contributed by atoms with Gasteiger partial charge in [0.05, 0.1) is 6.04 Å². The Morgan fingerprint density at radius 2 is 1.85 bits per heavy atom. The van der Waals surface area contributed by atoms with E-state index >= 15 is 0 Å². The van der Waals surface area contributed by atoms with E-state index in [1.54, 1.807) is 0 Å². The lowest BCUT2D eigenvalue weighted by molar-refractivity contribution is -0.122. The fourth-order valence-corrected chi connectivity index (χ4v) is 4.76. The number of carbonyl (C=O) groups is 2. The molecule has 0 spiro atoms. The smallest absolute Gasteiger partial charge is 0.408 e. The van der Waals surface area contributed by atoms with E-state index in [1.165, 1.54) is 12.0 Å². The van der Waals surface area contributed by atoms with E-state index in [2.05, 4.69) is 38.2 Å². The molecule has 2 aliphatic carbocycles. The van der Waals surface area contributed by atoms with Gasteiger partial charge in [-0.25, -0.2) is 4.79 Å². The quantitative estimate of drug-likeness (QED) is 0.803. The van der Waals surface area contributed by atoms with Crippen molar-refractivity contribution >= 4 is 11.9 Å².